The molecule has 1 rings (SSSR count). The van der Waals surface area contributed by atoms with E-state index in [1.54, 1.807) is 27.7 Å². The van der Waals surface area contributed by atoms with Crippen molar-refractivity contribution in [3.8, 4) is 18.2 Å². The van der Waals surface area contributed by atoms with Gasteiger partial charge in [0.2, 0.25) is 11.8 Å². The van der Waals surface area contributed by atoms with Crippen LogP contribution in [-0.2, 0) is 28.7 Å². The van der Waals surface area contributed by atoms with Gasteiger partial charge in [-0.3, -0.25) is 24.1 Å². The van der Waals surface area contributed by atoms with E-state index in [9.17, 15) is 29.1 Å². The minimum atomic E-state index is -1.54. The van der Waals surface area contributed by atoms with Gasteiger partial charge in [-0.2, -0.15) is 0 Å². The van der Waals surface area contributed by atoms with Gasteiger partial charge in [0.1, 0.15) is 17.4 Å². The number of ether oxygens (including phenoxy) is 2. The maximum absolute atomic E-state index is 13.5. The lowest BCUT2D eigenvalue weighted by atomic mass is 10.0. The number of amides is 4. The molecule has 0 aliphatic carbocycles. The van der Waals surface area contributed by atoms with Gasteiger partial charge in [0.25, 0.3) is 5.91 Å². The number of benzene rings is 1. The van der Waals surface area contributed by atoms with Crippen molar-refractivity contribution < 1.29 is 38.6 Å². The Bertz CT molecular complexity index is 1030. The molecular weight excluding hydrogens is 484 g/mol. The summed E-state index contributed by atoms with van der Waals surface area (Å²) in [6.45, 7) is 6.54. The zero-order chi connectivity index (χ0) is 28.2. The third-order valence-corrected chi connectivity index (χ3v) is 4.72. The maximum atomic E-state index is 13.5. The second-order valence-corrected chi connectivity index (χ2v) is 8.85. The Hall–Kier alpha value is -4.27. The number of hydrogen-bond donors (Lipinski definition) is 4. The van der Waals surface area contributed by atoms with Crippen LogP contribution in [0.15, 0.2) is 24.3 Å². The number of nitrogens with zero attached hydrogens (tertiary/aromatic N) is 1. The fourth-order valence-corrected chi connectivity index (χ4v) is 3.16. The van der Waals surface area contributed by atoms with Crippen LogP contribution in [0.2, 0.25) is 0 Å². The van der Waals surface area contributed by atoms with E-state index in [-0.39, 0.29) is 43.7 Å². The number of phenolic OH excluding ortho intramolecular Hbond substituents is 1. The SMILES string of the molecule is C#CN(C(=O)C(CCC(N)=O)NC(=O)OC(C)(C)C)C(C(=O)NCCC(=O)OCC)c1ccccc1O. The normalized spacial score (nSPS) is 12.3. The highest BCUT2D eigenvalue weighted by molar-refractivity contribution is 5.94. The molecule has 0 radical (unpaired) electrons. The Morgan fingerprint density at radius 3 is 2.35 bits per heavy atom. The molecule has 0 bridgehead atoms. The number of carbonyl (C=O) groups is 5. The number of phenols is 1. The van der Waals surface area contributed by atoms with Crippen LogP contribution < -0.4 is 16.4 Å². The van der Waals surface area contributed by atoms with Gasteiger partial charge in [-0.25, -0.2) is 4.79 Å². The molecule has 0 aliphatic rings. The molecule has 0 saturated heterocycles. The molecule has 1 aromatic rings. The molecule has 0 fully saturated rings. The van der Waals surface area contributed by atoms with Crippen LogP contribution in [0.1, 0.15) is 58.6 Å². The molecule has 202 valence electrons. The predicted molar refractivity (Wildman–Crippen MR) is 132 cm³/mol. The average molecular weight is 519 g/mol. The molecule has 12 heteroatoms. The van der Waals surface area contributed by atoms with Crippen LogP contribution in [-0.4, -0.2) is 64.6 Å². The lowest BCUT2D eigenvalue weighted by molar-refractivity contribution is -0.143. The van der Waals surface area contributed by atoms with Crippen molar-refractivity contribution in [2.75, 3.05) is 13.2 Å². The van der Waals surface area contributed by atoms with E-state index in [2.05, 4.69) is 16.7 Å². The highest BCUT2D eigenvalue weighted by Gasteiger charge is 2.37. The number of primary amides is 1. The zero-order valence-electron chi connectivity index (χ0n) is 21.4. The van der Waals surface area contributed by atoms with Crippen molar-refractivity contribution in [3.63, 3.8) is 0 Å². The van der Waals surface area contributed by atoms with Crippen molar-refractivity contribution in [1.29, 1.82) is 0 Å². The topological polar surface area (TPSA) is 177 Å². The third kappa shape index (κ3) is 10.5. The first-order valence-corrected chi connectivity index (χ1v) is 11.6. The highest BCUT2D eigenvalue weighted by atomic mass is 16.6. The molecule has 37 heavy (non-hydrogen) atoms. The molecule has 0 spiro atoms. The fraction of sp³-hybridized carbons (Fsp3) is 0.480. The van der Waals surface area contributed by atoms with E-state index in [0.717, 1.165) is 0 Å². The molecule has 2 atom stereocenters. The summed E-state index contributed by atoms with van der Waals surface area (Å²) in [4.78, 5) is 62.8. The zero-order valence-corrected chi connectivity index (χ0v) is 21.4. The number of nitrogens with two attached hydrogens (primary N) is 1. The van der Waals surface area contributed by atoms with Gasteiger partial charge in [0.15, 0.2) is 6.04 Å². The number of hydrogen-bond acceptors (Lipinski definition) is 8. The largest absolute Gasteiger partial charge is 0.508 e. The van der Waals surface area contributed by atoms with E-state index < -0.39 is 47.5 Å². The number of carbonyl (C=O) groups excluding carboxylic acids is 5. The molecule has 0 saturated carbocycles. The van der Waals surface area contributed by atoms with E-state index in [0.29, 0.717) is 4.90 Å². The maximum Gasteiger partial charge on any atom is 0.408 e. The first-order valence-electron chi connectivity index (χ1n) is 11.6. The molecule has 5 N–H and O–H groups in total. The van der Waals surface area contributed by atoms with Crippen LogP contribution in [0.3, 0.4) is 0 Å². The van der Waals surface area contributed by atoms with Crippen LogP contribution in [0.4, 0.5) is 4.79 Å². The smallest absolute Gasteiger partial charge is 0.408 e. The summed E-state index contributed by atoms with van der Waals surface area (Å²) in [5, 5.41) is 15.3. The summed E-state index contributed by atoms with van der Waals surface area (Å²) in [7, 11) is 0. The number of para-hydroxylation sites is 1. The summed E-state index contributed by atoms with van der Waals surface area (Å²) in [5.74, 6) is -3.33. The number of aromatic hydroxyl groups is 1. The van der Waals surface area contributed by atoms with Crippen LogP contribution in [0.25, 0.3) is 0 Å². The van der Waals surface area contributed by atoms with Gasteiger partial charge in [0, 0.05) is 24.6 Å². The molecule has 0 aromatic heterocycles. The first-order chi connectivity index (χ1) is 17.3. The summed E-state index contributed by atoms with van der Waals surface area (Å²) >= 11 is 0. The monoisotopic (exact) mass is 518 g/mol. The molecule has 4 amide bonds. The number of esters is 1. The van der Waals surface area contributed by atoms with Gasteiger partial charge in [-0.05, 0) is 40.2 Å². The van der Waals surface area contributed by atoms with E-state index in [1.807, 2.05) is 0 Å². The number of terminal acetylenes is 1. The lowest BCUT2D eigenvalue weighted by Crippen LogP contribution is -2.51. The summed E-state index contributed by atoms with van der Waals surface area (Å²) in [5.41, 5.74) is 4.33. The lowest BCUT2D eigenvalue weighted by Gasteiger charge is -2.30. The average Bonchev–Trinajstić information content (AvgIpc) is 2.79. The third-order valence-electron chi connectivity index (χ3n) is 4.72. The van der Waals surface area contributed by atoms with Gasteiger partial charge < -0.3 is 30.9 Å². The van der Waals surface area contributed by atoms with Crippen molar-refractivity contribution in [3.05, 3.63) is 29.8 Å². The van der Waals surface area contributed by atoms with Gasteiger partial charge in [0.05, 0.1) is 13.0 Å². The number of alkyl carbamates (subject to hydrolysis) is 1. The van der Waals surface area contributed by atoms with E-state index in [1.165, 1.54) is 24.3 Å². The van der Waals surface area contributed by atoms with E-state index in [4.69, 9.17) is 21.6 Å². The van der Waals surface area contributed by atoms with Crippen LogP contribution in [0, 0.1) is 12.5 Å². The quantitative estimate of drug-likeness (QED) is 0.180. The molecule has 0 heterocycles. The minimum absolute atomic E-state index is 0.00615. The molecule has 12 nitrogen and oxygen atoms in total. The van der Waals surface area contributed by atoms with Crippen molar-refractivity contribution >= 4 is 29.8 Å². The van der Waals surface area contributed by atoms with Gasteiger partial charge in [-0.1, -0.05) is 24.6 Å². The molecule has 0 aliphatic heterocycles. The molecule has 1 aromatic carbocycles. The summed E-state index contributed by atoms with van der Waals surface area (Å²) in [6.07, 6.45) is 4.02. The summed E-state index contributed by atoms with van der Waals surface area (Å²) in [6, 6.07) is 4.92. The Labute approximate surface area is 215 Å². The van der Waals surface area contributed by atoms with Crippen LogP contribution >= 0.6 is 0 Å². The van der Waals surface area contributed by atoms with Gasteiger partial charge in [-0.15, -0.1) is 0 Å². The minimum Gasteiger partial charge on any atom is -0.508 e. The second-order valence-electron chi connectivity index (χ2n) is 8.85. The van der Waals surface area contributed by atoms with Crippen molar-refractivity contribution in [1.82, 2.24) is 15.5 Å². The van der Waals surface area contributed by atoms with Crippen molar-refractivity contribution in [2.45, 2.75) is 64.6 Å². The number of nitrogens with one attached hydrogen (secondary N) is 2. The van der Waals surface area contributed by atoms with Crippen LogP contribution in [0.5, 0.6) is 5.75 Å². The number of rotatable bonds is 12. The Morgan fingerprint density at radius 2 is 1.81 bits per heavy atom. The molecule has 2 unspecified atom stereocenters. The predicted octanol–water partition coefficient (Wildman–Crippen LogP) is 1.08. The van der Waals surface area contributed by atoms with Gasteiger partial charge >= 0.3 is 12.1 Å². The first kappa shape index (κ1) is 30.8. The fourth-order valence-electron chi connectivity index (χ4n) is 3.16. The Kier molecular flexibility index (Phi) is 11.9. The molecular formula is C25H34N4O8. The summed E-state index contributed by atoms with van der Waals surface area (Å²) < 4.78 is 10.0. The second kappa shape index (κ2) is 14.3. The Balaban J connectivity index is 3.32. The Morgan fingerprint density at radius 1 is 1.16 bits per heavy atom. The van der Waals surface area contributed by atoms with E-state index >= 15 is 0 Å². The van der Waals surface area contributed by atoms with Crippen molar-refractivity contribution in [2.24, 2.45) is 5.73 Å². The standard InChI is InChI=1S/C25H34N4O8/c1-6-29(23(34)17(12-13-19(26)31)28-24(35)37-25(3,4)5)21(16-10-8-9-11-18(16)30)22(33)27-15-14-20(32)36-7-2/h1,8-11,17,21,30H,7,12-15H2,2-5H3,(H2,26,31)(H,27,33)(H,28,35). The highest BCUT2D eigenvalue weighted by Crippen LogP contribution is 2.29.